The Kier molecular flexibility index (Phi) is 4.23. The van der Waals surface area contributed by atoms with Gasteiger partial charge in [0, 0.05) is 33.9 Å². The quantitative estimate of drug-likeness (QED) is 0.674. The van der Waals surface area contributed by atoms with Gasteiger partial charge in [-0.2, -0.15) is 0 Å². The maximum Gasteiger partial charge on any atom is 0.123 e. The molecule has 0 saturated carbocycles. The molecule has 0 spiro atoms. The van der Waals surface area contributed by atoms with Crippen LogP contribution in [0, 0.1) is 0 Å². The lowest BCUT2D eigenvalue weighted by molar-refractivity contribution is 0.885. The number of aromatic nitrogens is 1. The summed E-state index contributed by atoms with van der Waals surface area (Å²) in [5, 5.41) is 7.28. The second-order valence-corrected chi connectivity index (χ2v) is 6.17. The summed E-state index contributed by atoms with van der Waals surface area (Å²) in [6.07, 6.45) is 1.83. The number of rotatable bonds is 4. The Labute approximate surface area is 133 Å². The topological polar surface area (TPSA) is 24.9 Å². The van der Waals surface area contributed by atoms with Gasteiger partial charge >= 0.3 is 0 Å². The lowest BCUT2D eigenvalue weighted by Gasteiger charge is -2.16. The Bertz CT molecular complexity index is 708. The van der Waals surface area contributed by atoms with Crippen molar-refractivity contribution < 1.29 is 0 Å². The van der Waals surface area contributed by atoms with Crippen LogP contribution in [0.15, 0.2) is 60.1 Å². The van der Waals surface area contributed by atoms with Gasteiger partial charge in [0.1, 0.15) is 5.01 Å². The van der Waals surface area contributed by atoms with Gasteiger partial charge in [-0.25, -0.2) is 4.98 Å². The first-order valence-corrected chi connectivity index (χ1v) is 8.00. The molecule has 0 aliphatic carbocycles. The monoisotopic (exact) mass is 314 g/mol. The maximum absolute atomic E-state index is 6.04. The van der Waals surface area contributed by atoms with Crippen LogP contribution in [0.25, 0.3) is 10.6 Å². The van der Waals surface area contributed by atoms with Gasteiger partial charge in [-0.15, -0.1) is 11.3 Å². The smallest absolute Gasteiger partial charge is 0.123 e. The summed E-state index contributed by atoms with van der Waals surface area (Å²) in [4.78, 5) is 4.32. The zero-order valence-corrected chi connectivity index (χ0v) is 13.2. The zero-order chi connectivity index (χ0) is 14.7. The molecule has 4 heteroatoms. The molecule has 2 nitrogen and oxygen atoms in total. The van der Waals surface area contributed by atoms with Crippen molar-refractivity contribution in [2.45, 2.75) is 13.0 Å². The molecule has 3 aromatic rings. The molecule has 1 atom stereocenters. The van der Waals surface area contributed by atoms with Crippen molar-refractivity contribution >= 4 is 28.6 Å². The van der Waals surface area contributed by atoms with Gasteiger partial charge in [0.25, 0.3) is 0 Å². The molecule has 0 bridgehead atoms. The number of nitrogens with zero attached hydrogens (tertiary/aromatic N) is 1. The number of benzene rings is 2. The highest BCUT2D eigenvalue weighted by molar-refractivity contribution is 7.13. The molecule has 0 aliphatic rings. The van der Waals surface area contributed by atoms with E-state index in [-0.39, 0.29) is 6.04 Å². The van der Waals surface area contributed by atoms with Crippen molar-refractivity contribution in [1.82, 2.24) is 4.98 Å². The van der Waals surface area contributed by atoms with Crippen LogP contribution in [0.2, 0.25) is 5.02 Å². The van der Waals surface area contributed by atoms with Crippen molar-refractivity contribution in [2.75, 3.05) is 5.32 Å². The van der Waals surface area contributed by atoms with Crippen LogP contribution in [0.5, 0.6) is 0 Å². The van der Waals surface area contributed by atoms with E-state index in [2.05, 4.69) is 47.6 Å². The third-order valence-corrected chi connectivity index (χ3v) is 4.35. The lowest BCUT2D eigenvalue weighted by atomic mass is 10.1. The number of thiazole rings is 1. The highest BCUT2D eigenvalue weighted by Crippen LogP contribution is 2.26. The van der Waals surface area contributed by atoms with E-state index in [1.807, 2.05) is 29.8 Å². The first-order chi connectivity index (χ1) is 10.2. The summed E-state index contributed by atoms with van der Waals surface area (Å²) >= 11 is 7.68. The molecule has 1 aromatic heterocycles. The summed E-state index contributed by atoms with van der Waals surface area (Å²) in [6.45, 7) is 2.13. The Morgan fingerprint density at radius 2 is 1.95 bits per heavy atom. The molecule has 21 heavy (non-hydrogen) atoms. The Morgan fingerprint density at radius 3 is 2.62 bits per heavy atom. The number of anilines is 1. The van der Waals surface area contributed by atoms with Crippen LogP contribution < -0.4 is 5.32 Å². The number of halogens is 1. The molecule has 0 radical (unpaired) electrons. The Hall–Kier alpha value is -1.84. The Balaban J connectivity index is 1.73. The summed E-state index contributed by atoms with van der Waals surface area (Å²) < 4.78 is 0. The van der Waals surface area contributed by atoms with E-state index in [0.717, 1.165) is 21.3 Å². The average molecular weight is 315 g/mol. The number of nitrogens with one attached hydrogen (secondary N) is 1. The molecule has 1 unspecified atom stereocenters. The van der Waals surface area contributed by atoms with Crippen LogP contribution in [-0.2, 0) is 0 Å². The van der Waals surface area contributed by atoms with Crippen LogP contribution in [0.1, 0.15) is 18.5 Å². The zero-order valence-electron chi connectivity index (χ0n) is 11.6. The fourth-order valence-corrected chi connectivity index (χ4v) is 3.03. The fourth-order valence-electron chi connectivity index (χ4n) is 2.18. The standard InChI is InChI=1S/C17H15ClN2S/c1-12(14-3-2-4-15(18)11-14)20-16-7-5-13(6-8-16)17-19-9-10-21-17/h2-12,20H,1H3. The van der Waals surface area contributed by atoms with Crippen LogP contribution in [-0.4, -0.2) is 4.98 Å². The molecule has 0 fully saturated rings. The van der Waals surface area contributed by atoms with Crippen molar-refractivity contribution in [2.24, 2.45) is 0 Å². The van der Waals surface area contributed by atoms with Gasteiger partial charge in [-0.05, 0) is 48.9 Å². The molecule has 0 saturated heterocycles. The average Bonchev–Trinajstić information content (AvgIpc) is 3.02. The van der Waals surface area contributed by atoms with E-state index in [0.29, 0.717) is 0 Å². The van der Waals surface area contributed by atoms with E-state index in [4.69, 9.17) is 11.6 Å². The minimum Gasteiger partial charge on any atom is -0.379 e. The predicted molar refractivity (Wildman–Crippen MR) is 91.0 cm³/mol. The molecule has 1 N–H and O–H groups in total. The second kappa shape index (κ2) is 6.29. The highest BCUT2D eigenvalue weighted by atomic mass is 35.5. The van der Waals surface area contributed by atoms with Gasteiger partial charge < -0.3 is 5.32 Å². The molecular weight excluding hydrogens is 300 g/mol. The van der Waals surface area contributed by atoms with Gasteiger partial charge in [-0.1, -0.05) is 23.7 Å². The van der Waals surface area contributed by atoms with Gasteiger partial charge in [0.15, 0.2) is 0 Å². The molecule has 3 rings (SSSR count). The third kappa shape index (κ3) is 3.43. The number of hydrogen-bond acceptors (Lipinski definition) is 3. The van der Waals surface area contributed by atoms with E-state index in [9.17, 15) is 0 Å². The van der Waals surface area contributed by atoms with Crippen molar-refractivity contribution in [3.8, 4) is 10.6 Å². The minimum absolute atomic E-state index is 0.203. The summed E-state index contributed by atoms with van der Waals surface area (Å²) in [5.74, 6) is 0. The molecule has 106 valence electrons. The minimum atomic E-state index is 0.203. The summed E-state index contributed by atoms with van der Waals surface area (Å²) in [7, 11) is 0. The van der Waals surface area contributed by atoms with E-state index >= 15 is 0 Å². The van der Waals surface area contributed by atoms with Crippen LogP contribution in [0.4, 0.5) is 5.69 Å². The molecule has 2 aromatic carbocycles. The van der Waals surface area contributed by atoms with Gasteiger partial charge in [0.05, 0.1) is 0 Å². The first-order valence-electron chi connectivity index (χ1n) is 6.74. The van der Waals surface area contributed by atoms with Crippen molar-refractivity contribution in [1.29, 1.82) is 0 Å². The second-order valence-electron chi connectivity index (χ2n) is 4.84. The van der Waals surface area contributed by atoms with Crippen molar-refractivity contribution in [3.05, 3.63) is 70.7 Å². The third-order valence-electron chi connectivity index (χ3n) is 3.30. The molecule has 0 amide bonds. The van der Waals surface area contributed by atoms with Gasteiger partial charge in [-0.3, -0.25) is 0 Å². The normalized spacial score (nSPS) is 12.1. The summed E-state index contributed by atoms with van der Waals surface area (Å²) in [5.41, 5.74) is 3.40. The first kappa shape index (κ1) is 14.1. The van der Waals surface area contributed by atoms with E-state index in [1.54, 1.807) is 11.3 Å². The maximum atomic E-state index is 6.04. The highest BCUT2D eigenvalue weighted by Gasteiger charge is 2.06. The largest absolute Gasteiger partial charge is 0.379 e. The number of hydrogen-bond donors (Lipinski definition) is 1. The molecular formula is C17H15ClN2S. The lowest BCUT2D eigenvalue weighted by Crippen LogP contribution is -2.06. The van der Waals surface area contributed by atoms with Gasteiger partial charge in [0.2, 0.25) is 0 Å². The molecule has 0 aliphatic heterocycles. The molecule has 1 heterocycles. The fraction of sp³-hybridized carbons (Fsp3) is 0.118. The van der Waals surface area contributed by atoms with Crippen molar-refractivity contribution in [3.63, 3.8) is 0 Å². The van der Waals surface area contributed by atoms with Crippen LogP contribution >= 0.6 is 22.9 Å². The van der Waals surface area contributed by atoms with Crippen LogP contribution in [0.3, 0.4) is 0 Å². The summed E-state index contributed by atoms with van der Waals surface area (Å²) in [6, 6.07) is 16.5. The van der Waals surface area contributed by atoms with E-state index < -0.39 is 0 Å². The Morgan fingerprint density at radius 1 is 1.14 bits per heavy atom. The predicted octanol–water partition coefficient (Wildman–Crippen LogP) is 5.64. The van der Waals surface area contributed by atoms with E-state index in [1.165, 1.54) is 5.56 Å². The SMILES string of the molecule is CC(Nc1ccc(-c2nccs2)cc1)c1cccc(Cl)c1.